The number of alkyl halides is 3. The maximum absolute atomic E-state index is 13.1. The lowest BCUT2D eigenvalue weighted by molar-refractivity contribution is -0.192. The van der Waals surface area contributed by atoms with Crippen molar-refractivity contribution < 1.29 is 119 Å². The number of halogens is 3. The van der Waals surface area contributed by atoms with Crippen molar-refractivity contribution in [2.24, 2.45) is 5.73 Å². The molecule has 4 atom stereocenters. The molecule has 8 rings (SSSR count). The minimum atomic E-state index is -1.81. The number of hydrogen-bond acceptors (Lipinski definition) is 32. The maximum atomic E-state index is 13.1. The van der Waals surface area contributed by atoms with Crippen LogP contribution in [0.25, 0.3) is 0 Å². The van der Waals surface area contributed by atoms with Gasteiger partial charge in [0.05, 0.1) is 121 Å². The molecule has 11 N–H and O–H groups in total. The summed E-state index contributed by atoms with van der Waals surface area (Å²) in [5.41, 5.74) is 5.73. The number of nitrogens with one attached hydrogen (secondary N) is 9. The molecule has 2 saturated heterocycles. The largest absolute Gasteiger partial charge is 0.493 e. The summed E-state index contributed by atoms with van der Waals surface area (Å²) in [4.78, 5) is 193. The van der Waals surface area contributed by atoms with Crippen molar-refractivity contribution in [1.29, 1.82) is 0 Å². The molecule has 0 spiro atoms. The van der Waals surface area contributed by atoms with Gasteiger partial charge in [0.2, 0.25) is 57.0 Å². The Labute approximate surface area is 681 Å². The smallest absolute Gasteiger partial charge is 0.408 e. The molecule has 116 heavy (non-hydrogen) atoms. The lowest BCUT2D eigenvalue weighted by Gasteiger charge is -2.27. The predicted octanol–water partition coefficient (Wildman–Crippen LogP) is 1.79. The first-order valence-electron chi connectivity index (χ1n) is 36.8. The Hall–Kier alpha value is -10.7. The first-order valence-corrected chi connectivity index (χ1v) is 38.0. The van der Waals surface area contributed by atoms with Gasteiger partial charge in [-0.15, -0.1) is 0 Å². The molecule has 44 heteroatoms. The topological polar surface area (TPSA) is 541 Å². The molecule has 4 aliphatic rings. The number of nitrogens with two attached hydrogens (primary N) is 1. The third-order valence-corrected chi connectivity index (χ3v) is 16.6. The molecular weight excluding hydrogens is 1600 g/mol. The molecule has 6 heterocycles. The van der Waals surface area contributed by atoms with Gasteiger partial charge in [-0.1, -0.05) is 46.9 Å². The number of imide groups is 4. The van der Waals surface area contributed by atoms with Gasteiger partial charge >= 0.3 is 18.3 Å². The van der Waals surface area contributed by atoms with Crippen LogP contribution in [-0.2, 0) is 81.0 Å². The first-order chi connectivity index (χ1) is 55.9. The molecule has 634 valence electrons. The molecule has 13 amide bonds. The highest BCUT2D eigenvalue weighted by molar-refractivity contribution is 6.68. The first kappa shape index (κ1) is 95.9. The lowest BCUT2D eigenvalue weighted by Crippen LogP contribution is -2.54. The summed E-state index contributed by atoms with van der Waals surface area (Å²) in [5.74, 6) is -4.26. The number of alkyl carbamates (subject to hydrolysis) is 2. The summed E-state index contributed by atoms with van der Waals surface area (Å²) in [6, 6.07) is 10.5. The van der Waals surface area contributed by atoms with Crippen LogP contribution in [-0.4, -0.2) is 273 Å². The fourth-order valence-electron chi connectivity index (χ4n) is 10.5. The van der Waals surface area contributed by atoms with E-state index in [9.17, 15) is 62.3 Å². The SMILES string of the molecule is CC(NC(=O)OCCCNC(=O)CCOCCOCCOCCC(=O)NCCCOc1cccc2c1C(=O)N(C1CCC(=O)NC1=O)C2=O)Nc1ncccn1.CCOCCOCCOCCC(=O)NCCCOc1cccc2c1C(=O)N(C1CCC(=O)NC1=O)C2=O.NCCCOC(=O)NC(Nc1ncccn1)C(Cl)(Cl)Cl.O=C=O. The number of aromatic nitrogens is 4. The van der Waals surface area contributed by atoms with E-state index < -0.39 is 87.7 Å². The highest BCUT2D eigenvalue weighted by Gasteiger charge is 2.48. The molecule has 4 aliphatic heterocycles. The van der Waals surface area contributed by atoms with Crippen molar-refractivity contribution >= 4 is 130 Å². The van der Waals surface area contributed by atoms with E-state index in [1.807, 2.05) is 6.92 Å². The van der Waals surface area contributed by atoms with E-state index in [4.69, 9.17) is 97.5 Å². The number of rotatable bonds is 47. The fraction of sp³-hybridized carbons (Fsp3) is 0.528. The number of piperidine rings is 2. The molecule has 0 aliphatic carbocycles. The Morgan fingerprint density at radius 3 is 1.27 bits per heavy atom. The molecule has 0 radical (unpaired) electrons. The van der Waals surface area contributed by atoms with Gasteiger partial charge in [0.25, 0.3) is 23.6 Å². The second kappa shape index (κ2) is 54.2. The zero-order chi connectivity index (χ0) is 84.5. The highest BCUT2D eigenvalue weighted by atomic mass is 35.6. The second-order valence-corrected chi connectivity index (χ2v) is 26.9. The summed E-state index contributed by atoms with van der Waals surface area (Å²) in [6.07, 6.45) is 6.24. The number of carbonyl (C=O) groups is 13. The molecule has 4 unspecified atom stereocenters. The van der Waals surface area contributed by atoms with E-state index >= 15 is 0 Å². The van der Waals surface area contributed by atoms with Crippen LogP contribution in [0.5, 0.6) is 11.5 Å². The molecule has 0 saturated carbocycles. The van der Waals surface area contributed by atoms with Gasteiger partial charge in [-0.2, -0.15) is 9.59 Å². The molecule has 2 fully saturated rings. The number of ether oxygens (including phenoxy) is 10. The number of carbonyl (C=O) groups excluding carboxylic acids is 15. The van der Waals surface area contributed by atoms with E-state index in [0.717, 1.165) is 9.80 Å². The zero-order valence-corrected chi connectivity index (χ0v) is 66.0. The van der Waals surface area contributed by atoms with Crippen LogP contribution >= 0.6 is 34.8 Å². The van der Waals surface area contributed by atoms with Crippen LogP contribution in [0, 0.1) is 0 Å². The summed E-state index contributed by atoms with van der Waals surface area (Å²) in [7, 11) is 0. The van der Waals surface area contributed by atoms with E-state index in [0.29, 0.717) is 111 Å². The van der Waals surface area contributed by atoms with E-state index in [-0.39, 0.29) is 161 Å². The number of fused-ring (bicyclic) bond motifs is 2. The number of amides is 13. The standard InChI is InChI=1S/C36H48N8O12.C25H33N3O9.C10H14Cl3N5O2.CO2/c1-24(41-35-39-12-3-13-40-35)42-36(51)56-17-5-15-38-29(46)11-19-53-21-23-54-22-20-52-18-10-28(45)37-14-4-16-55-27-7-2-6-25-31(27)34(50)44(33(25)49)26-8-9-30(47)43-32(26)48;1-2-34-13-14-36-16-15-35-12-9-20(29)26-10-4-11-37-19-6-3-5-17-22(19)25(33)28(24(17)32)18-7-8-21(30)27-23(18)31;11-10(12,13)7(17-8-15-4-2-5-16-8)18-9(19)20-6-1-3-14;2-1-3/h2-3,6-7,12-13,24,26H,4-5,8-11,14-23H2,1H3,(H,37,45)(H,38,46)(H,42,51)(H,39,40,41)(H,43,47,48);3,5-6,18H,2,4,7-16H2,1H3,(H,26,29)(H,27,30,31);2,4-5,7H,1,3,6,14H2,(H,18,19)(H,15,16,17);. The van der Waals surface area contributed by atoms with Crippen LogP contribution in [0.3, 0.4) is 0 Å². The number of anilines is 2. The van der Waals surface area contributed by atoms with Crippen LogP contribution in [0.1, 0.15) is 126 Å². The molecule has 2 aromatic heterocycles. The maximum Gasteiger partial charge on any atom is 0.408 e. The summed E-state index contributed by atoms with van der Waals surface area (Å²) < 4.78 is 51.8. The van der Waals surface area contributed by atoms with Crippen molar-refractivity contribution in [3.8, 4) is 11.5 Å². The predicted molar refractivity (Wildman–Crippen MR) is 407 cm³/mol. The molecule has 41 nitrogen and oxygen atoms in total. The molecule has 0 bridgehead atoms. The van der Waals surface area contributed by atoms with Crippen LogP contribution in [0.15, 0.2) is 73.3 Å². The van der Waals surface area contributed by atoms with Crippen molar-refractivity contribution in [2.45, 2.75) is 113 Å². The second-order valence-electron chi connectivity index (χ2n) is 24.5. The van der Waals surface area contributed by atoms with Gasteiger partial charge in [0.1, 0.15) is 29.7 Å². The Kier molecular flexibility index (Phi) is 44.8. The van der Waals surface area contributed by atoms with Gasteiger partial charge in [-0.05, 0) is 95.3 Å². The fourth-order valence-corrected chi connectivity index (χ4v) is 10.8. The number of nitrogens with zero attached hydrogens (tertiary/aromatic N) is 6. The minimum Gasteiger partial charge on any atom is -0.493 e. The van der Waals surface area contributed by atoms with Crippen molar-refractivity contribution in [3.05, 3.63) is 95.6 Å². The average molecular weight is 1690 g/mol. The van der Waals surface area contributed by atoms with E-state index in [1.54, 1.807) is 55.7 Å². The normalized spacial score (nSPS) is 15.2. The van der Waals surface area contributed by atoms with Gasteiger partial charge in [-0.25, -0.2) is 29.5 Å². The molecule has 2 aromatic carbocycles. The quantitative estimate of drug-likeness (QED) is 0.0130. The third-order valence-electron chi connectivity index (χ3n) is 15.9. The summed E-state index contributed by atoms with van der Waals surface area (Å²) in [5, 5.41) is 23.2. The van der Waals surface area contributed by atoms with Gasteiger partial charge in [0.15, 0.2) is 6.17 Å². The third kappa shape index (κ3) is 35.2. The highest BCUT2D eigenvalue weighted by Crippen LogP contribution is 2.36. The summed E-state index contributed by atoms with van der Waals surface area (Å²) in [6.45, 7) is 10.2. The molecule has 4 aromatic rings. The number of benzene rings is 2. The number of hydrogen-bond donors (Lipinski definition) is 10. The monoisotopic (exact) mass is 1690 g/mol. The van der Waals surface area contributed by atoms with Crippen molar-refractivity contribution in [3.63, 3.8) is 0 Å². The van der Waals surface area contributed by atoms with E-state index in [2.05, 4.69) is 67.8 Å². The van der Waals surface area contributed by atoms with Crippen molar-refractivity contribution in [1.82, 2.24) is 67.0 Å². The summed E-state index contributed by atoms with van der Waals surface area (Å²) >= 11 is 17.3. The zero-order valence-electron chi connectivity index (χ0n) is 63.8. The Balaban J connectivity index is 0.000000341. The Morgan fingerprint density at radius 1 is 0.509 bits per heavy atom. The van der Waals surface area contributed by atoms with Gasteiger partial charge < -0.3 is 85.0 Å². The van der Waals surface area contributed by atoms with Crippen LogP contribution in [0.4, 0.5) is 21.5 Å². The van der Waals surface area contributed by atoms with Gasteiger partial charge in [0, 0.05) is 83.1 Å². The average Bonchev–Trinajstić information content (AvgIpc) is 1.61. The lowest BCUT2D eigenvalue weighted by atomic mass is 10.0. The Morgan fingerprint density at radius 2 is 0.879 bits per heavy atom. The van der Waals surface area contributed by atoms with E-state index in [1.165, 1.54) is 24.5 Å². The minimum absolute atomic E-state index is 0.0276. The molecular formula is C72H95Cl3N16O25. The van der Waals surface area contributed by atoms with Crippen LogP contribution < -0.4 is 63.1 Å². The van der Waals surface area contributed by atoms with Crippen LogP contribution in [0.2, 0.25) is 0 Å². The van der Waals surface area contributed by atoms with Gasteiger partial charge in [-0.3, -0.25) is 78.5 Å². The van der Waals surface area contributed by atoms with Crippen molar-refractivity contribution in [2.75, 3.05) is 143 Å². The Bertz CT molecular complexity index is 3890.